The Balaban J connectivity index is 0.727. The molecule has 0 bridgehead atoms. The van der Waals surface area contributed by atoms with E-state index in [0.29, 0.717) is 11.1 Å². The van der Waals surface area contributed by atoms with Crippen LogP contribution in [0.2, 0.25) is 0 Å². The van der Waals surface area contributed by atoms with E-state index in [1.165, 1.54) is 63.3 Å². The predicted molar refractivity (Wildman–Crippen MR) is 325 cm³/mol. The van der Waals surface area contributed by atoms with Gasteiger partial charge < -0.3 is 73.7 Å². The van der Waals surface area contributed by atoms with Gasteiger partial charge in [-0.15, -0.1) is 0 Å². The maximum absolute atomic E-state index is 14.1. The van der Waals surface area contributed by atoms with Crippen LogP contribution < -0.4 is 45.7 Å². The zero-order valence-electron chi connectivity index (χ0n) is 49.2. The van der Waals surface area contributed by atoms with Crippen molar-refractivity contribution in [2.24, 2.45) is 10.2 Å². The number of nitrogens with one attached hydrogen (secondary N) is 1. The predicted octanol–water partition coefficient (Wildman–Crippen LogP) is 4.92. The molecule has 1 amide bonds. The third kappa shape index (κ3) is 13.7. The largest absolute Gasteiger partial charge is 0.545 e. The Hall–Kier alpha value is -8.71. The molecular formula is C58H58N13O19P3. The van der Waals surface area contributed by atoms with E-state index < -0.39 is 79.7 Å². The summed E-state index contributed by atoms with van der Waals surface area (Å²) in [6, 6.07) is 13.2. The van der Waals surface area contributed by atoms with Crippen LogP contribution in [0.5, 0.6) is 17.2 Å². The number of benzene rings is 4. The summed E-state index contributed by atoms with van der Waals surface area (Å²) in [6.07, 6.45) is 6.36. The van der Waals surface area contributed by atoms with Crippen molar-refractivity contribution >= 4 is 69.4 Å². The van der Waals surface area contributed by atoms with Gasteiger partial charge in [-0.3, -0.25) is 9.32 Å². The summed E-state index contributed by atoms with van der Waals surface area (Å²) in [7, 11) is -17.1. The number of aryl methyl sites for hydroxylation is 2. The number of aromatic carboxylic acids is 1. The van der Waals surface area contributed by atoms with E-state index in [2.05, 4.69) is 77.4 Å². The number of carbonyl (C=O) groups is 3. The summed E-state index contributed by atoms with van der Waals surface area (Å²) in [4.78, 5) is 94.6. The highest BCUT2D eigenvalue weighted by atomic mass is 31.3. The number of fused-ring (bicyclic) bond motifs is 5. The maximum atomic E-state index is 14.1. The molecule has 93 heavy (non-hydrogen) atoms. The highest BCUT2D eigenvalue weighted by molar-refractivity contribution is 7.66. The summed E-state index contributed by atoms with van der Waals surface area (Å²) in [5, 5.41) is 25.3. The number of phosphoric ester groups is 1. The van der Waals surface area contributed by atoms with Gasteiger partial charge >= 0.3 is 29.4 Å². The standard InChI is InChI=1S/C58H58N13O19P3/c59-54-48-35(28-71(55(48)64-30-63-54)47-26-45(85-31-66-68-61)46(87-47)29-86-92(79,80)90-93(81,82)89-91(76,77)78)8-5-20-84-58(75)38-14-12-37(22-36(38)27-65-67-60)83-21-15-62-56(72)34-11-13-39(57(73)74)42(25-34)49-43-23-32-6-1-16-69-18-3-9-40(50(32)69)52(43)88-53-41-10-4-19-70-17-2-7-33(51(41)70)24-44(49)53/h11-14,22-25,28,30,45-47H,1-4,6-7,9-10,15-21,26-27,29,31H2,(H7-,59,62,63,64,72,73,74,76,77,78,79,80,81,82)/t45-,46-,47-/m1/s1. The van der Waals surface area contributed by atoms with Crippen LogP contribution in [-0.2, 0) is 73.3 Å². The second kappa shape index (κ2) is 26.7. The smallest absolute Gasteiger partial charge is 0.490 e. The third-order valence-corrected chi connectivity index (χ3v) is 20.4. The first-order valence-corrected chi connectivity index (χ1v) is 33.9. The summed E-state index contributed by atoms with van der Waals surface area (Å²) < 4.78 is 82.1. The summed E-state index contributed by atoms with van der Waals surface area (Å²) >= 11 is 0. The van der Waals surface area contributed by atoms with Gasteiger partial charge in [-0.05, 0) is 109 Å². The first-order chi connectivity index (χ1) is 44.7. The zero-order chi connectivity index (χ0) is 65.3. The van der Waals surface area contributed by atoms with E-state index in [9.17, 15) is 48.5 Å². The molecule has 2 aromatic heterocycles. The number of hydrogen-bond donors (Lipinski definition) is 6. The molecule has 12 rings (SSSR count). The second-order valence-corrected chi connectivity index (χ2v) is 26.7. The molecule has 1 saturated heterocycles. The van der Waals surface area contributed by atoms with Gasteiger partial charge in [0.05, 0.1) is 53.8 Å². The molecule has 35 heteroatoms. The third-order valence-electron chi connectivity index (χ3n) is 16.6. The number of esters is 1. The molecular weight excluding hydrogens is 1280 g/mol. The number of azide groups is 2. The van der Waals surface area contributed by atoms with Crippen molar-refractivity contribution in [3.05, 3.63) is 154 Å². The summed E-state index contributed by atoms with van der Waals surface area (Å²) in [5.41, 5.74) is 32.8. The van der Waals surface area contributed by atoms with Gasteiger partial charge in [-0.2, -0.15) is 8.62 Å². The van der Waals surface area contributed by atoms with Crippen molar-refractivity contribution < 1.29 is 89.6 Å². The molecule has 6 aliphatic rings. The van der Waals surface area contributed by atoms with Gasteiger partial charge in [-0.1, -0.05) is 28.1 Å². The minimum atomic E-state index is -5.85. The van der Waals surface area contributed by atoms with Gasteiger partial charge in [0.15, 0.2) is 6.61 Å². The number of aromatic nitrogens is 3. The van der Waals surface area contributed by atoms with E-state index in [1.54, 1.807) is 6.07 Å². The first kappa shape index (κ1) is 64.4. The lowest BCUT2D eigenvalue weighted by Crippen LogP contribution is -2.45. The van der Waals surface area contributed by atoms with Crippen LogP contribution in [0.15, 0.2) is 71.3 Å². The number of phosphoric acid groups is 3. The van der Waals surface area contributed by atoms with Crippen molar-refractivity contribution in [1.29, 1.82) is 0 Å². The van der Waals surface area contributed by atoms with Crippen LogP contribution in [-0.4, -0.2) is 123 Å². The number of carboxylic acids is 1. The number of ether oxygens (including phenoxy) is 5. The topological polar surface area (TPSA) is 453 Å². The fourth-order valence-electron chi connectivity index (χ4n) is 13.0. The molecule has 8 heterocycles. The molecule has 4 aromatic carbocycles. The Kier molecular flexibility index (Phi) is 18.5. The monoisotopic (exact) mass is 1330 g/mol. The number of carboxylic acid groups (broad SMARTS) is 1. The lowest BCUT2D eigenvalue weighted by atomic mass is 9.81. The second-order valence-electron chi connectivity index (χ2n) is 22.3. The molecule has 484 valence electrons. The fraction of sp³-hybridized carbons (Fsp3) is 0.379. The van der Waals surface area contributed by atoms with Gasteiger partial charge in [0.1, 0.15) is 73.8 Å². The van der Waals surface area contributed by atoms with Crippen molar-refractivity contribution in [1.82, 2.24) is 24.4 Å². The van der Waals surface area contributed by atoms with Crippen molar-refractivity contribution in [2.75, 3.05) is 69.9 Å². The lowest BCUT2D eigenvalue weighted by Gasteiger charge is -2.39. The van der Waals surface area contributed by atoms with Crippen molar-refractivity contribution in [3.8, 4) is 29.1 Å². The van der Waals surface area contributed by atoms with Gasteiger partial charge in [0.25, 0.3) is 5.91 Å². The average molecular weight is 1330 g/mol. The normalized spacial score (nSPS) is 18.9. The number of rotatable bonds is 22. The molecule has 2 unspecified atom stereocenters. The number of nitrogens with zero attached hydrogens (tertiary/aromatic N) is 11. The van der Waals surface area contributed by atoms with Crippen LogP contribution >= 0.6 is 23.5 Å². The van der Waals surface area contributed by atoms with E-state index >= 15 is 0 Å². The van der Waals surface area contributed by atoms with Crippen LogP contribution in [0.4, 0.5) is 11.5 Å². The minimum absolute atomic E-state index is 0.00154. The minimum Gasteiger partial charge on any atom is -0.545 e. The molecule has 0 radical (unpaired) electrons. The Labute approximate surface area is 527 Å². The molecule has 6 aliphatic heterocycles. The quantitative estimate of drug-likeness (QED) is 0.00766. The highest BCUT2D eigenvalue weighted by Crippen LogP contribution is 2.66. The number of amides is 1. The number of carbonyl (C=O) groups excluding carboxylic acids is 3. The molecule has 32 nitrogen and oxygen atoms in total. The molecule has 0 saturated carbocycles. The molecule has 0 aliphatic carbocycles. The van der Waals surface area contributed by atoms with Crippen LogP contribution in [0, 0.1) is 11.8 Å². The molecule has 5 atom stereocenters. The molecule has 0 spiro atoms. The maximum Gasteiger partial charge on any atom is 0.490 e. The van der Waals surface area contributed by atoms with Crippen LogP contribution in [0.1, 0.15) is 114 Å². The zero-order valence-corrected chi connectivity index (χ0v) is 51.9. The SMILES string of the molecule is [N-]=[N+]=NCO[C@@H]1C[C@H](n2cc(C#CCOC(=O)c3ccc(OCCNC(=O)c4ccc(C(=O)[O-])c(C5=c6cc7c8c(c6Oc6c5cc5c9c6CCCN9CCC5)CCC[N+]=8CCC7)c4)cc3CN=[N+]=[N-])c3c(N)ncnc32)O[C@@H]1COP(=O)(O)OP(=O)(O)OP(=O)(O)O. The molecule has 1 fully saturated rings. The van der Waals surface area contributed by atoms with Gasteiger partial charge in [0.2, 0.25) is 5.36 Å². The van der Waals surface area contributed by atoms with E-state index in [0.717, 1.165) is 117 Å². The molecule has 6 aromatic rings. The Morgan fingerprint density at radius 1 is 0.882 bits per heavy atom. The van der Waals surface area contributed by atoms with E-state index in [-0.39, 0.29) is 76.5 Å². The number of anilines is 2. The van der Waals surface area contributed by atoms with Crippen molar-refractivity contribution in [3.63, 3.8) is 0 Å². The summed E-state index contributed by atoms with van der Waals surface area (Å²) in [5.74, 6) is 4.60. The number of nitrogen functional groups attached to an aromatic ring is 1. The van der Waals surface area contributed by atoms with Crippen LogP contribution in [0.3, 0.4) is 0 Å². The van der Waals surface area contributed by atoms with Crippen LogP contribution in [0.25, 0.3) is 37.5 Å². The highest BCUT2D eigenvalue weighted by Gasteiger charge is 2.44. The fourth-order valence-corrected chi connectivity index (χ4v) is 16.0. The lowest BCUT2D eigenvalue weighted by molar-refractivity contribution is -0.255. The van der Waals surface area contributed by atoms with Crippen molar-refractivity contribution in [2.45, 2.75) is 82.8 Å². The summed E-state index contributed by atoms with van der Waals surface area (Å²) in [6.45, 7) is 1.56. The Bertz CT molecular complexity index is 4550. The average Bonchev–Trinajstić information content (AvgIpc) is 1.37. The van der Waals surface area contributed by atoms with Gasteiger partial charge in [0, 0.05) is 92.7 Å². The number of nitrogens with two attached hydrogens (primary N) is 1. The number of hydrogen-bond acceptors (Lipinski definition) is 21. The van der Waals surface area contributed by atoms with E-state index in [1.807, 2.05) is 0 Å². The van der Waals surface area contributed by atoms with E-state index in [4.69, 9.17) is 49.3 Å². The Morgan fingerprint density at radius 2 is 1.65 bits per heavy atom. The molecule has 7 N–H and O–H groups in total. The van der Waals surface area contributed by atoms with Gasteiger partial charge in [-0.25, -0.2) is 33.0 Å². The Morgan fingerprint density at radius 3 is 2.43 bits per heavy atom. The first-order valence-electron chi connectivity index (χ1n) is 29.3.